The van der Waals surface area contributed by atoms with Crippen molar-refractivity contribution in [2.75, 3.05) is 12.0 Å². The summed E-state index contributed by atoms with van der Waals surface area (Å²) in [5.74, 6) is -0.122. The zero-order valence-electron chi connectivity index (χ0n) is 13.4. The first-order valence-electron chi connectivity index (χ1n) is 7.28. The smallest absolute Gasteiger partial charge is 0.252 e. The molecule has 5 nitrogen and oxygen atoms in total. The number of carbonyl (C=O) groups is 1. The normalized spacial score (nSPS) is 12.3. The predicted octanol–water partition coefficient (Wildman–Crippen LogP) is 3.13. The molecule has 1 aromatic carbocycles. The van der Waals surface area contributed by atoms with Crippen LogP contribution >= 0.6 is 11.6 Å². The summed E-state index contributed by atoms with van der Waals surface area (Å²) >= 11 is 5.43. The summed E-state index contributed by atoms with van der Waals surface area (Å²) in [6.45, 7) is 3.54. The van der Waals surface area contributed by atoms with Gasteiger partial charge >= 0.3 is 0 Å². The third-order valence-electron chi connectivity index (χ3n) is 3.50. The van der Waals surface area contributed by atoms with Gasteiger partial charge in [-0.15, -0.1) is 0 Å². The highest BCUT2D eigenvalue weighted by atomic mass is 35.5. The molecule has 0 atom stereocenters. The molecule has 130 valence electrons. The van der Waals surface area contributed by atoms with E-state index >= 15 is 0 Å². The van der Waals surface area contributed by atoms with Gasteiger partial charge in [0.25, 0.3) is 5.24 Å². The predicted molar refractivity (Wildman–Crippen MR) is 90.7 cm³/mol. The molecule has 0 aliphatic heterocycles. The van der Waals surface area contributed by atoms with Gasteiger partial charge in [0.1, 0.15) is 0 Å². The number of carbonyl (C=O) groups excluding carboxylic acids is 1. The van der Waals surface area contributed by atoms with Gasteiger partial charge in [0.15, 0.2) is 19.7 Å². The Bertz CT molecular complexity index is 795. The fraction of sp³-hybridized carbons (Fsp3) is 0.533. The maximum atomic E-state index is 12.5. The molecule has 0 aromatic heterocycles. The largest absolute Gasteiger partial charge is 0.276 e. The van der Waals surface area contributed by atoms with Gasteiger partial charge in [-0.05, 0) is 42.6 Å². The van der Waals surface area contributed by atoms with E-state index in [4.69, 9.17) is 11.6 Å². The van der Waals surface area contributed by atoms with E-state index in [9.17, 15) is 21.6 Å². The summed E-state index contributed by atoms with van der Waals surface area (Å²) in [5.41, 5.74) is 0.335. The highest BCUT2D eigenvalue weighted by molar-refractivity contribution is 7.94. The Labute approximate surface area is 142 Å². The molecule has 0 radical (unpaired) electrons. The SMILES string of the molecule is CCCCCCS(=O)(=O)c1cc(C)c(C(=O)Cl)cc1S(C)(=O)=O. The summed E-state index contributed by atoms with van der Waals surface area (Å²) in [7, 11) is -7.57. The van der Waals surface area contributed by atoms with Gasteiger partial charge in [-0.3, -0.25) is 4.79 Å². The molecule has 0 amide bonds. The van der Waals surface area contributed by atoms with Crippen LogP contribution in [0.15, 0.2) is 21.9 Å². The van der Waals surface area contributed by atoms with Crippen molar-refractivity contribution >= 4 is 36.5 Å². The third kappa shape index (κ3) is 5.29. The van der Waals surface area contributed by atoms with Crippen LogP contribution in [-0.4, -0.2) is 34.1 Å². The van der Waals surface area contributed by atoms with E-state index < -0.39 is 24.9 Å². The van der Waals surface area contributed by atoms with Crippen molar-refractivity contribution in [3.8, 4) is 0 Å². The van der Waals surface area contributed by atoms with E-state index in [-0.39, 0.29) is 21.1 Å². The average Bonchev–Trinajstić information content (AvgIpc) is 2.41. The molecular formula is C15H21ClO5S2. The molecule has 0 aliphatic rings. The second kappa shape index (κ2) is 7.77. The first-order chi connectivity index (χ1) is 10.5. The zero-order chi connectivity index (χ0) is 17.8. The highest BCUT2D eigenvalue weighted by Crippen LogP contribution is 2.27. The number of halogens is 1. The van der Waals surface area contributed by atoms with E-state index in [0.717, 1.165) is 31.6 Å². The summed E-state index contributed by atoms with van der Waals surface area (Å²) in [4.78, 5) is 10.7. The van der Waals surface area contributed by atoms with Crippen LogP contribution in [0.2, 0.25) is 0 Å². The summed E-state index contributed by atoms with van der Waals surface area (Å²) < 4.78 is 48.9. The number of hydrogen-bond donors (Lipinski definition) is 0. The fourth-order valence-electron chi connectivity index (χ4n) is 2.23. The lowest BCUT2D eigenvalue weighted by molar-refractivity contribution is 0.108. The van der Waals surface area contributed by atoms with Crippen molar-refractivity contribution in [3.63, 3.8) is 0 Å². The topological polar surface area (TPSA) is 85.3 Å². The third-order valence-corrected chi connectivity index (χ3v) is 6.81. The Morgan fingerprint density at radius 1 is 1.04 bits per heavy atom. The van der Waals surface area contributed by atoms with Crippen LogP contribution in [0.25, 0.3) is 0 Å². The van der Waals surface area contributed by atoms with Crippen LogP contribution in [0.4, 0.5) is 0 Å². The zero-order valence-corrected chi connectivity index (χ0v) is 15.8. The summed E-state index contributed by atoms with van der Waals surface area (Å²) in [5, 5.41) is -0.820. The molecule has 8 heteroatoms. The average molecular weight is 381 g/mol. The van der Waals surface area contributed by atoms with E-state index in [2.05, 4.69) is 0 Å². The molecule has 0 N–H and O–H groups in total. The summed E-state index contributed by atoms with van der Waals surface area (Å²) in [6, 6.07) is 2.28. The standard InChI is InChI=1S/C15H21ClO5S2/c1-4-5-6-7-8-23(20,21)14-9-11(2)12(15(16)17)10-13(14)22(3,18)19/h9-10H,4-8H2,1-3H3. The molecule has 0 unspecified atom stereocenters. The maximum absolute atomic E-state index is 12.5. The van der Waals surface area contributed by atoms with Crippen molar-refractivity contribution in [1.82, 2.24) is 0 Å². The van der Waals surface area contributed by atoms with Crippen LogP contribution in [0.1, 0.15) is 48.5 Å². The first kappa shape index (κ1) is 20.1. The maximum Gasteiger partial charge on any atom is 0.252 e. The molecule has 1 aromatic rings. The molecular weight excluding hydrogens is 360 g/mol. The second-order valence-electron chi connectivity index (χ2n) is 5.54. The van der Waals surface area contributed by atoms with Crippen LogP contribution < -0.4 is 0 Å². The minimum absolute atomic E-state index is 0.00275. The van der Waals surface area contributed by atoms with Crippen LogP contribution in [-0.2, 0) is 19.7 Å². The quantitative estimate of drug-likeness (QED) is 0.510. The fourth-order valence-corrected chi connectivity index (χ4v) is 5.56. The van der Waals surface area contributed by atoms with Gasteiger partial charge in [0.2, 0.25) is 0 Å². The van der Waals surface area contributed by atoms with Crippen LogP contribution in [0.3, 0.4) is 0 Å². The Morgan fingerprint density at radius 2 is 1.65 bits per heavy atom. The van der Waals surface area contributed by atoms with E-state index in [1.54, 1.807) is 0 Å². The summed E-state index contributed by atoms with van der Waals surface area (Å²) in [6.07, 6.45) is 4.04. The molecule has 0 fully saturated rings. The number of unbranched alkanes of at least 4 members (excludes halogenated alkanes) is 3. The van der Waals surface area contributed by atoms with Gasteiger partial charge in [0.05, 0.1) is 15.5 Å². The van der Waals surface area contributed by atoms with E-state index in [0.29, 0.717) is 12.0 Å². The minimum atomic E-state index is -3.81. The number of rotatable bonds is 8. The Hall–Kier alpha value is -0.920. The van der Waals surface area contributed by atoms with Gasteiger partial charge in [0, 0.05) is 11.8 Å². The van der Waals surface area contributed by atoms with E-state index in [1.165, 1.54) is 13.0 Å². The van der Waals surface area contributed by atoms with Crippen molar-refractivity contribution in [1.29, 1.82) is 0 Å². The molecule has 0 aliphatic carbocycles. The highest BCUT2D eigenvalue weighted by Gasteiger charge is 2.26. The van der Waals surface area contributed by atoms with E-state index in [1.807, 2.05) is 6.92 Å². The monoisotopic (exact) mass is 380 g/mol. The van der Waals surface area contributed by atoms with Gasteiger partial charge in [-0.1, -0.05) is 26.2 Å². The minimum Gasteiger partial charge on any atom is -0.276 e. The van der Waals surface area contributed by atoms with Gasteiger partial charge < -0.3 is 0 Å². The lowest BCUT2D eigenvalue weighted by Gasteiger charge is -2.12. The van der Waals surface area contributed by atoms with Gasteiger partial charge in [-0.25, -0.2) is 16.8 Å². The lowest BCUT2D eigenvalue weighted by Crippen LogP contribution is -2.14. The van der Waals surface area contributed by atoms with Crippen molar-refractivity contribution < 1.29 is 21.6 Å². The van der Waals surface area contributed by atoms with Crippen molar-refractivity contribution in [3.05, 3.63) is 23.3 Å². The second-order valence-corrected chi connectivity index (χ2v) is 9.94. The first-order valence-corrected chi connectivity index (χ1v) is 11.2. The molecule has 0 saturated heterocycles. The molecule has 0 saturated carbocycles. The van der Waals surface area contributed by atoms with Crippen molar-refractivity contribution in [2.45, 2.75) is 49.3 Å². The van der Waals surface area contributed by atoms with Gasteiger partial charge in [-0.2, -0.15) is 0 Å². The Balaban J connectivity index is 3.40. The molecule has 0 bridgehead atoms. The number of benzene rings is 1. The molecule has 1 rings (SSSR count). The number of aryl methyl sites for hydroxylation is 1. The number of hydrogen-bond acceptors (Lipinski definition) is 5. The van der Waals surface area contributed by atoms with Crippen LogP contribution in [0.5, 0.6) is 0 Å². The number of sulfone groups is 2. The molecule has 0 heterocycles. The Kier molecular flexibility index (Phi) is 6.80. The van der Waals surface area contributed by atoms with Crippen molar-refractivity contribution in [2.24, 2.45) is 0 Å². The van der Waals surface area contributed by atoms with Crippen LogP contribution in [0, 0.1) is 6.92 Å². The lowest BCUT2D eigenvalue weighted by atomic mass is 10.1. The molecule has 23 heavy (non-hydrogen) atoms. The Morgan fingerprint density at radius 3 is 2.13 bits per heavy atom. The molecule has 0 spiro atoms.